The van der Waals surface area contributed by atoms with Gasteiger partial charge in [-0.3, -0.25) is 14.3 Å². The third kappa shape index (κ3) is 3.87. The molecular formula is C19H24N4O3. The van der Waals surface area contributed by atoms with Crippen LogP contribution in [0.15, 0.2) is 24.3 Å². The third-order valence-electron chi connectivity index (χ3n) is 4.55. The van der Waals surface area contributed by atoms with E-state index in [9.17, 15) is 9.59 Å². The molecule has 26 heavy (non-hydrogen) atoms. The summed E-state index contributed by atoms with van der Waals surface area (Å²) < 4.78 is 7.43. The second-order valence-corrected chi connectivity index (χ2v) is 6.44. The first-order chi connectivity index (χ1) is 12.5. The molecule has 1 aromatic carbocycles. The molecule has 7 nitrogen and oxygen atoms in total. The Morgan fingerprint density at radius 2 is 2.15 bits per heavy atom. The monoisotopic (exact) mass is 356 g/mol. The van der Waals surface area contributed by atoms with Crippen molar-refractivity contribution in [3.63, 3.8) is 0 Å². The number of aromatic nitrogens is 2. The number of rotatable bonds is 5. The summed E-state index contributed by atoms with van der Waals surface area (Å²) in [4.78, 5) is 26.6. The third-order valence-corrected chi connectivity index (χ3v) is 4.55. The average molecular weight is 356 g/mol. The molecule has 0 fully saturated rings. The number of ether oxygens (including phenoxy) is 1. The maximum atomic E-state index is 12.8. The van der Waals surface area contributed by atoms with Crippen LogP contribution in [-0.2, 0) is 24.8 Å². The molecule has 2 heterocycles. The molecule has 1 N–H and O–H groups in total. The molecule has 0 spiro atoms. The van der Waals surface area contributed by atoms with E-state index >= 15 is 0 Å². The van der Waals surface area contributed by atoms with Crippen molar-refractivity contribution in [3.8, 4) is 5.75 Å². The van der Waals surface area contributed by atoms with Crippen LogP contribution in [0.25, 0.3) is 0 Å². The molecule has 1 aromatic heterocycles. The first kappa shape index (κ1) is 18.0. The molecule has 2 aromatic rings. The molecule has 7 heteroatoms. The van der Waals surface area contributed by atoms with Crippen molar-refractivity contribution in [3.05, 3.63) is 46.8 Å². The quantitative estimate of drug-likeness (QED) is 0.880. The van der Waals surface area contributed by atoms with E-state index < -0.39 is 0 Å². The summed E-state index contributed by atoms with van der Waals surface area (Å²) in [5.41, 5.74) is 3.41. The lowest BCUT2D eigenvalue weighted by molar-refractivity contribution is -0.122. The Bertz CT molecular complexity index is 809. The topological polar surface area (TPSA) is 76.5 Å². The van der Waals surface area contributed by atoms with Crippen LogP contribution in [0.1, 0.15) is 34.2 Å². The van der Waals surface area contributed by atoms with Gasteiger partial charge in [-0.15, -0.1) is 0 Å². The van der Waals surface area contributed by atoms with Crippen LogP contribution < -0.4 is 10.1 Å². The van der Waals surface area contributed by atoms with Gasteiger partial charge in [0.05, 0.1) is 30.9 Å². The van der Waals surface area contributed by atoms with E-state index in [1.807, 2.05) is 45.2 Å². The smallest absolute Gasteiger partial charge is 0.258 e. The standard InChI is InChI=1S/C19H24N4O3/c1-4-14-5-6-17-16(10-14)19(25)23(7-8-26-17)12-18(24)20-11-15-9-13(2)22(3)21-15/h5-6,9-10H,4,7-8,11-12H2,1-3H3,(H,20,24). The number of carbonyl (C=O) groups excluding carboxylic acids is 2. The van der Waals surface area contributed by atoms with Gasteiger partial charge in [0, 0.05) is 12.7 Å². The lowest BCUT2D eigenvalue weighted by Gasteiger charge is -2.19. The normalized spacial score (nSPS) is 13.8. The molecule has 3 rings (SSSR count). The minimum absolute atomic E-state index is 0.00377. The fraction of sp³-hybridized carbons (Fsp3) is 0.421. The maximum Gasteiger partial charge on any atom is 0.258 e. The number of benzene rings is 1. The van der Waals surface area contributed by atoms with Gasteiger partial charge in [0.25, 0.3) is 5.91 Å². The SMILES string of the molecule is CCc1ccc2c(c1)C(=O)N(CC(=O)NCc1cc(C)n(C)n1)CCO2. The highest BCUT2D eigenvalue weighted by Gasteiger charge is 2.25. The number of hydrogen-bond acceptors (Lipinski definition) is 4. The summed E-state index contributed by atoms with van der Waals surface area (Å²) in [7, 11) is 1.86. The molecule has 0 radical (unpaired) electrons. The van der Waals surface area contributed by atoms with Gasteiger partial charge in [-0.05, 0) is 37.1 Å². The minimum Gasteiger partial charge on any atom is -0.491 e. The summed E-state index contributed by atoms with van der Waals surface area (Å²) in [5.74, 6) is 0.201. The summed E-state index contributed by atoms with van der Waals surface area (Å²) in [6.07, 6.45) is 0.838. The van der Waals surface area contributed by atoms with Crippen molar-refractivity contribution in [1.29, 1.82) is 0 Å². The maximum absolute atomic E-state index is 12.8. The first-order valence-corrected chi connectivity index (χ1v) is 8.79. The van der Waals surface area contributed by atoms with Crippen molar-refractivity contribution in [1.82, 2.24) is 20.0 Å². The van der Waals surface area contributed by atoms with Crippen LogP contribution in [0.2, 0.25) is 0 Å². The number of aryl methyl sites for hydroxylation is 3. The van der Waals surface area contributed by atoms with Crippen molar-refractivity contribution in [2.24, 2.45) is 7.05 Å². The highest BCUT2D eigenvalue weighted by Crippen LogP contribution is 2.24. The van der Waals surface area contributed by atoms with Gasteiger partial charge in [0.2, 0.25) is 5.91 Å². The van der Waals surface area contributed by atoms with E-state index in [-0.39, 0.29) is 18.4 Å². The van der Waals surface area contributed by atoms with Gasteiger partial charge in [-0.1, -0.05) is 13.0 Å². The molecule has 138 valence electrons. The molecule has 0 saturated heterocycles. The molecule has 0 aliphatic carbocycles. The molecular weight excluding hydrogens is 332 g/mol. The summed E-state index contributed by atoms with van der Waals surface area (Å²) in [6, 6.07) is 7.57. The van der Waals surface area contributed by atoms with E-state index in [1.54, 1.807) is 4.68 Å². The van der Waals surface area contributed by atoms with Gasteiger partial charge in [-0.2, -0.15) is 5.10 Å². The fourth-order valence-corrected chi connectivity index (χ4v) is 2.92. The minimum atomic E-state index is -0.211. The Labute approximate surface area is 152 Å². The highest BCUT2D eigenvalue weighted by molar-refractivity contribution is 5.99. The fourth-order valence-electron chi connectivity index (χ4n) is 2.92. The van der Waals surface area contributed by atoms with E-state index in [0.717, 1.165) is 23.4 Å². The van der Waals surface area contributed by atoms with Crippen LogP contribution >= 0.6 is 0 Å². The Balaban J connectivity index is 1.64. The summed E-state index contributed by atoms with van der Waals surface area (Å²) >= 11 is 0. The van der Waals surface area contributed by atoms with Gasteiger partial charge in [0.15, 0.2) is 0 Å². The van der Waals surface area contributed by atoms with Crippen LogP contribution in [0.5, 0.6) is 5.75 Å². The number of amides is 2. The lowest BCUT2D eigenvalue weighted by atomic mass is 10.1. The Morgan fingerprint density at radius 3 is 2.85 bits per heavy atom. The largest absolute Gasteiger partial charge is 0.491 e. The predicted molar refractivity (Wildman–Crippen MR) is 97.0 cm³/mol. The van der Waals surface area contributed by atoms with E-state index in [2.05, 4.69) is 10.4 Å². The van der Waals surface area contributed by atoms with E-state index in [4.69, 9.17) is 4.74 Å². The summed E-state index contributed by atoms with van der Waals surface area (Å²) in [6.45, 7) is 5.09. The molecule has 0 atom stereocenters. The van der Waals surface area contributed by atoms with Crippen molar-refractivity contribution >= 4 is 11.8 Å². The van der Waals surface area contributed by atoms with Crippen molar-refractivity contribution < 1.29 is 14.3 Å². The molecule has 1 aliphatic heterocycles. The molecule has 0 unspecified atom stereocenters. The van der Waals surface area contributed by atoms with E-state index in [1.165, 1.54) is 4.90 Å². The average Bonchev–Trinajstić information content (AvgIpc) is 2.87. The zero-order valence-electron chi connectivity index (χ0n) is 15.4. The molecule has 0 saturated carbocycles. The Kier molecular flexibility index (Phi) is 5.25. The zero-order valence-corrected chi connectivity index (χ0v) is 15.4. The van der Waals surface area contributed by atoms with Gasteiger partial charge in [0.1, 0.15) is 12.4 Å². The van der Waals surface area contributed by atoms with Gasteiger partial charge in [-0.25, -0.2) is 0 Å². The van der Waals surface area contributed by atoms with Crippen LogP contribution in [0.4, 0.5) is 0 Å². The number of fused-ring (bicyclic) bond motifs is 1. The van der Waals surface area contributed by atoms with Crippen LogP contribution in [0.3, 0.4) is 0 Å². The van der Waals surface area contributed by atoms with Gasteiger partial charge < -0.3 is 15.0 Å². The lowest BCUT2D eigenvalue weighted by Crippen LogP contribution is -2.41. The van der Waals surface area contributed by atoms with E-state index in [0.29, 0.717) is 31.0 Å². The molecule has 0 bridgehead atoms. The number of carbonyl (C=O) groups is 2. The van der Waals surface area contributed by atoms with Crippen molar-refractivity contribution in [2.45, 2.75) is 26.8 Å². The number of nitrogens with one attached hydrogen (secondary N) is 1. The molecule has 1 aliphatic rings. The second-order valence-electron chi connectivity index (χ2n) is 6.44. The summed E-state index contributed by atoms with van der Waals surface area (Å²) in [5, 5.41) is 7.13. The van der Waals surface area contributed by atoms with Crippen LogP contribution in [0, 0.1) is 6.92 Å². The Hall–Kier alpha value is -2.83. The van der Waals surface area contributed by atoms with Crippen molar-refractivity contribution in [2.75, 3.05) is 19.7 Å². The Morgan fingerprint density at radius 1 is 1.35 bits per heavy atom. The number of nitrogens with zero attached hydrogens (tertiary/aromatic N) is 3. The zero-order chi connectivity index (χ0) is 18.7. The number of hydrogen-bond donors (Lipinski definition) is 1. The highest BCUT2D eigenvalue weighted by atomic mass is 16.5. The molecule has 2 amide bonds. The second kappa shape index (κ2) is 7.59. The first-order valence-electron chi connectivity index (χ1n) is 8.79. The predicted octanol–water partition coefficient (Wildman–Crippen LogP) is 1.44. The van der Waals surface area contributed by atoms with Gasteiger partial charge >= 0.3 is 0 Å². The van der Waals surface area contributed by atoms with Crippen LogP contribution in [-0.4, -0.2) is 46.2 Å².